The van der Waals surface area contributed by atoms with Crippen LogP contribution in [0.4, 0.5) is 5.69 Å². The molecule has 0 bridgehead atoms. The minimum absolute atomic E-state index is 0.00438. The van der Waals surface area contributed by atoms with Gasteiger partial charge in [0.2, 0.25) is 0 Å². The molecule has 0 saturated carbocycles. The molecule has 32 heavy (non-hydrogen) atoms. The molecule has 2 fully saturated rings. The first-order chi connectivity index (χ1) is 15.4. The van der Waals surface area contributed by atoms with Crippen LogP contribution in [0.3, 0.4) is 0 Å². The Morgan fingerprint density at radius 1 is 1.09 bits per heavy atom. The summed E-state index contributed by atoms with van der Waals surface area (Å²) in [5.41, 5.74) is 5.72. The van der Waals surface area contributed by atoms with Gasteiger partial charge >= 0.3 is 0 Å². The van der Waals surface area contributed by atoms with Crippen molar-refractivity contribution >= 4 is 5.69 Å². The van der Waals surface area contributed by atoms with Crippen molar-refractivity contribution in [2.45, 2.75) is 52.0 Å². The van der Waals surface area contributed by atoms with Crippen molar-refractivity contribution in [2.24, 2.45) is 0 Å². The van der Waals surface area contributed by atoms with Crippen LogP contribution in [-0.4, -0.2) is 62.8 Å². The first-order valence-corrected chi connectivity index (χ1v) is 11.5. The third kappa shape index (κ3) is 4.69. The Morgan fingerprint density at radius 2 is 1.91 bits per heavy atom. The summed E-state index contributed by atoms with van der Waals surface area (Å²) in [6.45, 7) is 12.2. The smallest absolute Gasteiger partial charge is 0.113 e. The number of anilines is 1. The predicted octanol–water partition coefficient (Wildman–Crippen LogP) is 3.54. The fourth-order valence-corrected chi connectivity index (χ4v) is 4.83. The van der Waals surface area contributed by atoms with Crippen LogP contribution in [0, 0.1) is 6.92 Å². The fraction of sp³-hybridized carbons (Fsp3) is 0.480. The van der Waals surface area contributed by atoms with Gasteiger partial charge in [0, 0.05) is 56.6 Å². The van der Waals surface area contributed by atoms with Gasteiger partial charge in [-0.1, -0.05) is 17.3 Å². The van der Waals surface area contributed by atoms with Crippen LogP contribution in [0.15, 0.2) is 48.8 Å². The lowest BCUT2D eigenvalue weighted by atomic mass is 9.93. The van der Waals surface area contributed by atoms with E-state index in [4.69, 9.17) is 4.74 Å². The summed E-state index contributed by atoms with van der Waals surface area (Å²) < 4.78 is 7.80. The molecule has 2 saturated heterocycles. The van der Waals surface area contributed by atoms with E-state index in [9.17, 15) is 0 Å². The number of pyridine rings is 1. The van der Waals surface area contributed by atoms with Gasteiger partial charge in [-0.25, -0.2) is 4.68 Å². The highest BCUT2D eigenvalue weighted by Gasteiger charge is 2.37. The second-order valence-electron chi connectivity index (χ2n) is 9.61. The van der Waals surface area contributed by atoms with Crippen LogP contribution in [-0.2, 0) is 17.8 Å². The summed E-state index contributed by atoms with van der Waals surface area (Å²) >= 11 is 0. The maximum atomic E-state index is 5.89. The molecule has 0 spiro atoms. The molecule has 0 aliphatic carbocycles. The summed E-state index contributed by atoms with van der Waals surface area (Å²) in [4.78, 5) is 9.40. The number of hydrogen-bond donors (Lipinski definition) is 0. The van der Waals surface area contributed by atoms with Crippen molar-refractivity contribution < 1.29 is 4.74 Å². The number of benzene rings is 1. The fourth-order valence-electron chi connectivity index (χ4n) is 4.83. The number of hydrogen-bond acceptors (Lipinski definition) is 6. The Balaban J connectivity index is 1.19. The van der Waals surface area contributed by atoms with E-state index in [1.54, 1.807) is 0 Å². The highest BCUT2D eigenvalue weighted by molar-refractivity contribution is 5.67. The number of aromatic nitrogens is 4. The van der Waals surface area contributed by atoms with Crippen molar-refractivity contribution in [3.8, 4) is 11.3 Å². The zero-order chi connectivity index (χ0) is 22.1. The van der Waals surface area contributed by atoms with Gasteiger partial charge in [0.25, 0.3) is 0 Å². The van der Waals surface area contributed by atoms with Crippen LogP contribution in [0.2, 0.25) is 0 Å². The van der Waals surface area contributed by atoms with Crippen LogP contribution in [0.5, 0.6) is 0 Å². The van der Waals surface area contributed by atoms with E-state index in [2.05, 4.69) is 76.2 Å². The summed E-state index contributed by atoms with van der Waals surface area (Å²) in [6.07, 6.45) is 5.20. The Hall–Kier alpha value is -2.77. The lowest BCUT2D eigenvalue weighted by Crippen LogP contribution is -2.47. The van der Waals surface area contributed by atoms with Gasteiger partial charge in [-0.3, -0.25) is 9.88 Å². The van der Waals surface area contributed by atoms with Gasteiger partial charge in [0.05, 0.1) is 30.1 Å². The molecule has 2 aliphatic heterocycles. The first kappa shape index (κ1) is 21.1. The summed E-state index contributed by atoms with van der Waals surface area (Å²) in [5.74, 6) is 0. The number of rotatable bonds is 6. The van der Waals surface area contributed by atoms with Gasteiger partial charge in [-0.05, 0) is 50.6 Å². The zero-order valence-electron chi connectivity index (χ0n) is 19.2. The Kier molecular flexibility index (Phi) is 5.69. The molecule has 3 aromatic rings. The topological polar surface area (TPSA) is 59.3 Å². The maximum Gasteiger partial charge on any atom is 0.113 e. The molecule has 168 valence electrons. The molecular formula is C25H32N6O. The van der Waals surface area contributed by atoms with Gasteiger partial charge in [0.1, 0.15) is 5.69 Å². The van der Waals surface area contributed by atoms with Crippen molar-refractivity contribution in [1.82, 2.24) is 24.9 Å². The molecule has 4 heterocycles. The lowest BCUT2D eigenvalue weighted by Gasteiger charge is -2.42. The second-order valence-corrected chi connectivity index (χ2v) is 9.61. The highest BCUT2D eigenvalue weighted by Crippen LogP contribution is 2.33. The average Bonchev–Trinajstić information content (AvgIpc) is 3.22. The Morgan fingerprint density at radius 3 is 2.59 bits per heavy atom. The van der Waals surface area contributed by atoms with E-state index < -0.39 is 0 Å². The van der Waals surface area contributed by atoms with E-state index in [0.29, 0.717) is 0 Å². The van der Waals surface area contributed by atoms with Gasteiger partial charge in [0.15, 0.2) is 0 Å². The molecule has 0 amide bonds. The quantitative estimate of drug-likeness (QED) is 0.594. The maximum absolute atomic E-state index is 5.89. The summed E-state index contributed by atoms with van der Waals surface area (Å²) in [6, 6.07) is 12.8. The zero-order valence-corrected chi connectivity index (χ0v) is 19.2. The van der Waals surface area contributed by atoms with Crippen molar-refractivity contribution in [2.75, 3.05) is 31.1 Å². The van der Waals surface area contributed by atoms with E-state index in [-0.39, 0.29) is 11.7 Å². The molecule has 1 unspecified atom stereocenters. The lowest BCUT2D eigenvalue weighted by molar-refractivity contribution is -0.189. The largest absolute Gasteiger partial charge is 0.370 e. The molecule has 2 aliphatic rings. The van der Waals surface area contributed by atoms with Gasteiger partial charge in [-0.15, -0.1) is 5.10 Å². The second kappa shape index (κ2) is 8.64. The van der Waals surface area contributed by atoms with Crippen molar-refractivity contribution in [3.63, 3.8) is 0 Å². The molecule has 5 rings (SSSR count). The summed E-state index contributed by atoms with van der Waals surface area (Å²) in [5, 5.41) is 8.74. The minimum Gasteiger partial charge on any atom is -0.370 e. The van der Waals surface area contributed by atoms with Gasteiger partial charge in [-0.2, -0.15) is 0 Å². The van der Waals surface area contributed by atoms with Gasteiger partial charge < -0.3 is 9.64 Å². The summed E-state index contributed by atoms with van der Waals surface area (Å²) in [7, 11) is 0. The molecule has 1 atom stereocenters. The SMILES string of the molecule is Cc1cc(N2CCN(Cc3ccccn3)CC2)ccc1-c1cn(CC2CC(C)(C)O2)nn1. The minimum atomic E-state index is 0.00438. The normalized spacial score (nSPS) is 20.8. The number of nitrogens with zero attached hydrogens (tertiary/aromatic N) is 6. The molecule has 0 radical (unpaired) electrons. The molecule has 0 N–H and O–H groups in total. The standard InChI is InChI=1S/C25H32N6O/c1-19-14-21(30-12-10-29(11-13-30)16-20-6-4-5-9-26-20)7-8-23(19)24-18-31(28-27-24)17-22-15-25(2,3)32-22/h4-9,14,18,22H,10-13,15-17H2,1-3H3. The van der Waals surface area contributed by atoms with Crippen molar-refractivity contribution in [3.05, 3.63) is 60.0 Å². The van der Waals surface area contributed by atoms with E-state index >= 15 is 0 Å². The number of aryl methyl sites for hydroxylation is 1. The molecule has 7 heteroatoms. The Labute approximate surface area is 190 Å². The average molecular weight is 433 g/mol. The number of piperazine rings is 1. The van der Waals surface area contributed by atoms with Crippen LogP contribution in [0.25, 0.3) is 11.3 Å². The third-order valence-electron chi connectivity index (χ3n) is 6.47. The van der Waals surface area contributed by atoms with E-state index in [1.165, 1.54) is 11.3 Å². The van der Waals surface area contributed by atoms with Crippen molar-refractivity contribution in [1.29, 1.82) is 0 Å². The molecule has 1 aromatic carbocycles. The third-order valence-corrected chi connectivity index (χ3v) is 6.47. The Bertz CT molecular complexity index is 1050. The first-order valence-electron chi connectivity index (χ1n) is 11.5. The van der Waals surface area contributed by atoms with Crippen LogP contribution in [0.1, 0.15) is 31.5 Å². The molecule has 2 aromatic heterocycles. The van der Waals surface area contributed by atoms with Crippen LogP contribution < -0.4 is 4.90 Å². The van der Waals surface area contributed by atoms with E-state index in [1.807, 2.05) is 23.1 Å². The highest BCUT2D eigenvalue weighted by atomic mass is 16.5. The van der Waals surface area contributed by atoms with E-state index in [0.717, 1.165) is 62.6 Å². The monoisotopic (exact) mass is 432 g/mol. The predicted molar refractivity (Wildman–Crippen MR) is 125 cm³/mol. The van der Waals surface area contributed by atoms with Crippen LogP contribution >= 0.6 is 0 Å². The number of ether oxygens (including phenoxy) is 1. The molecule has 7 nitrogen and oxygen atoms in total. The molecular weight excluding hydrogens is 400 g/mol.